The normalized spacial score (nSPS) is 14.4. The molecule has 0 amide bonds. The topological polar surface area (TPSA) is 237 Å². The molecular formula is C75H146O17P2. The number of rotatable bonds is 73. The lowest BCUT2D eigenvalue weighted by Gasteiger charge is -2.21. The van der Waals surface area contributed by atoms with Crippen molar-refractivity contribution in [2.75, 3.05) is 39.6 Å². The first-order valence-corrected chi connectivity index (χ1v) is 41.9. The first-order chi connectivity index (χ1) is 45.3. The van der Waals surface area contributed by atoms with Gasteiger partial charge in [-0.25, -0.2) is 9.13 Å². The molecule has 0 fully saturated rings. The highest BCUT2D eigenvalue weighted by Crippen LogP contribution is 2.45. The van der Waals surface area contributed by atoms with Gasteiger partial charge in [0.05, 0.1) is 26.4 Å². The zero-order valence-corrected chi connectivity index (χ0v) is 63.2. The number of ether oxygens (including phenoxy) is 4. The van der Waals surface area contributed by atoms with Crippen molar-refractivity contribution >= 4 is 39.5 Å². The Bertz CT molecular complexity index is 1840. The monoisotopic (exact) mass is 1380 g/mol. The molecule has 0 aromatic rings. The third-order valence-corrected chi connectivity index (χ3v) is 19.6. The van der Waals surface area contributed by atoms with Gasteiger partial charge in [0.1, 0.15) is 19.3 Å². The predicted molar refractivity (Wildman–Crippen MR) is 381 cm³/mol. The quantitative estimate of drug-likeness (QED) is 0.0222. The van der Waals surface area contributed by atoms with Crippen LogP contribution in [0.3, 0.4) is 0 Å². The van der Waals surface area contributed by atoms with Crippen molar-refractivity contribution in [1.82, 2.24) is 0 Å². The van der Waals surface area contributed by atoms with Crippen LogP contribution < -0.4 is 0 Å². The van der Waals surface area contributed by atoms with Crippen molar-refractivity contribution in [3.8, 4) is 0 Å². The molecule has 0 spiro atoms. The fraction of sp³-hybridized carbons (Fsp3) is 0.947. The van der Waals surface area contributed by atoms with Crippen LogP contribution >= 0.6 is 15.6 Å². The number of aliphatic hydroxyl groups is 1. The largest absolute Gasteiger partial charge is 0.472 e. The van der Waals surface area contributed by atoms with E-state index in [1.54, 1.807) is 0 Å². The summed E-state index contributed by atoms with van der Waals surface area (Å²) in [4.78, 5) is 72.5. The second-order valence-electron chi connectivity index (χ2n) is 28.2. The number of carbonyl (C=O) groups is 4. The molecule has 19 heteroatoms. The van der Waals surface area contributed by atoms with Gasteiger partial charge in [0.2, 0.25) is 0 Å². The minimum absolute atomic E-state index is 0.104. The molecule has 0 bridgehead atoms. The molecule has 3 N–H and O–H groups in total. The van der Waals surface area contributed by atoms with Crippen LogP contribution in [0.15, 0.2) is 0 Å². The number of carbonyl (C=O) groups excluding carboxylic acids is 4. The van der Waals surface area contributed by atoms with Gasteiger partial charge in [-0.2, -0.15) is 0 Å². The maximum Gasteiger partial charge on any atom is 0.472 e. The standard InChI is InChI=1S/C75H146O17P2/c1-8-10-11-39-49-56-72(77)85-62-70(91-75(80)59-52-45-38-32-31-35-42-48-55-68(7)9-2)64-89-93(81,82)87-60-69(76)61-88-94(83,84)90-65-71(63-86-73(78)57-50-43-36-29-25-21-18-14-16-20-24-28-34-41-47-54-67(5)6)92-74(79)58-51-44-37-30-26-22-17-13-12-15-19-23-27-33-40-46-53-66(3)4/h66-71,76H,8-65H2,1-7H3,(H,81,82)(H,83,84)/t68?,69-,70+,71+/m0/s1. The first kappa shape index (κ1) is 92.1. The summed E-state index contributed by atoms with van der Waals surface area (Å²) in [6.45, 7) is 11.9. The molecule has 3 unspecified atom stereocenters. The van der Waals surface area contributed by atoms with E-state index in [-0.39, 0.29) is 25.7 Å². The Kier molecular flexibility index (Phi) is 64.3. The van der Waals surface area contributed by atoms with E-state index in [1.807, 2.05) is 0 Å². The molecule has 94 heavy (non-hydrogen) atoms. The van der Waals surface area contributed by atoms with Crippen LogP contribution in [-0.4, -0.2) is 96.7 Å². The van der Waals surface area contributed by atoms with Crippen LogP contribution in [0.4, 0.5) is 0 Å². The summed E-state index contributed by atoms with van der Waals surface area (Å²) in [5.41, 5.74) is 0. The molecule has 0 saturated heterocycles. The Morgan fingerprint density at radius 2 is 0.543 bits per heavy atom. The Morgan fingerprint density at radius 3 is 0.809 bits per heavy atom. The van der Waals surface area contributed by atoms with E-state index in [2.05, 4.69) is 48.5 Å². The van der Waals surface area contributed by atoms with Gasteiger partial charge in [-0.3, -0.25) is 37.3 Å². The van der Waals surface area contributed by atoms with Gasteiger partial charge in [-0.1, -0.05) is 331 Å². The molecule has 0 aliphatic rings. The minimum Gasteiger partial charge on any atom is -0.462 e. The molecule has 0 aromatic heterocycles. The van der Waals surface area contributed by atoms with E-state index in [9.17, 15) is 43.2 Å². The summed E-state index contributed by atoms with van der Waals surface area (Å²) >= 11 is 0. The molecule has 0 aromatic carbocycles. The van der Waals surface area contributed by atoms with E-state index in [0.29, 0.717) is 25.7 Å². The fourth-order valence-electron chi connectivity index (χ4n) is 11.4. The van der Waals surface area contributed by atoms with E-state index < -0.39 is 97.5 Å². The second kappa shape index (κ2) is 65.7. The fourth-order valence-corrected chi connectivity index (χ4v) is 13.0. The van der Waals surface area contributed by atoms with Crippen LogP contribution in [0.5, 0.6) is 0 Å². The lowest BCUT2D eigenvalue weighted by Crippen LogP contribution is -2.30. The number of hydrogen-bond donors (Lipinski definition) is 3. The first-order valence-electron chi connectivity index (χ1n) is 38.9. The molecule has 0 saturated carbocycles. The van der Waals surface area contributed by atoms with Gasteiger partial charge in [0.15, 0.2) is 12.2 Å². The molecule has 6 atom stereocenters. The average molecular weight is 1380 g/mol. The van der Waals surface area contributed by atoms with Gasteiger partial charge >= 0.3 is 39.5 Å². The number of phosphoric acid groups is 2. The Hall–Kier alpha value is -1.94. The van der Waals surface area contributed by atoms with Crippen LogP contribution in [0.1, 0.15) is 382 Å². The zero-order chi connectivity index (χ0) is 69.4. The van der Waals surface area contributed by atoms with Crippen LogP contribution in [0.2, 0.25) is 0 Å². The molecule has 558 valence electrons. The summed E-state index contributed by atoms with van der Waals surface area (Å²) in [6.07, 6.45) is 51.8. The highest BCUT2D eigenvalue weighted by Gasteiger charge is 2.30. The highest BCUT2D eigenvalue weighted by molar-refractivity contribution is 7.47. The summed E-state index contributed by atoms with van der Waals surface area (Å²) in [7, 11) is -9.90. The van der Waals surface area contributed by atoms with Crippen molar-refractivity contribution in [2.24, 2.45) is 17.8 Å². The molecule has 0 aliphatic carbocycles. The number of aliphatic hydroxyl groups excluding tert-OH is 1. The zero-order valence-electron chi connectivity index (χ0n) is 61.4. The van der Waals surface area contributed by atoms with Crippen molar-refractivity contribution in [2.45, 2.75) is 401 Å². The number of unbranched alkanes of at least 4 members (excludes halogenated alkanes) is 40. The molecule has 0 aliphatic heterocycles. The summed E-state index contributed by atoms with van der Waals surface area (Å²) < 4.78 is 68.3. The Labute approximate surface area is 575 Å². The van der Waals surface area contributed by atoms with Gasteiger partial charge in [0.25, 0.3) is 0 Å². The molecule has 0 rings (SSSR count). The van der Waals surface area contributed by atoms with Crippen LogP contribution in [0, 0.1) is 17.8 Å². The van der Waals surface area contributed by atoms with Gasteiger partial charge in [-0.15, -0.1) is 0 Å². The van der Waals surface area contributed by atoms with E-state index in [1.165, 1.54) is 186 Å². The smallest absolute Gasteiger partial charge is 0.462 e. The van der Waals surface area contributed by atoms with E-state index >= 15 is 0 Å². The van der Waals surface area contributed by atoms with Crippen LogP contribution in [-0.2, 0) is 65.4 Å². The SMILES string of the molecule is CCCCCCCC(=O)OC[C@H](COP(=O)(O)OC[C@H](O)COP(=O)(O)OC[C@@H](COC(=O)CCCCCCCCCCCCCCCCCC(C)C)OC(=O)CCCCCCCCCCCCCCCCCCC(C)C)OC(=O)CCCCCCCCCCC(C)CC. The Balaban J connectivity index is 5.14. The van der Waals surface area contributed by atoms with Crippen molar-refractivity contribution < 1.29 is 80.2 Å². The number of hydrogen-bond acceptors (Lipinski definition) is 15. The second-order valence-corrected chi connectivity index (χ2v) is 31.1. The van der Waals surface area contributed by atoms with E-state index in [4.69, 9.17) is 37.0 Å². The average Bonchev–Trinajstić information content (AvgIpc) is 1.35. The molecule has 17 nitrogen and oxygen atoms in total. The lowest BCUT2D eigenvalue weighted by molar-refractivity contribution is -0.161. The van der Waals surface area contributed by atoms with Gasteiger partial charge in [-0.05, 0) is 43.4 Å². The number of phosphoric ester groups is 2. The molecular weight excluding hydrogens is 1230 g/mol. The molecule has 0 heterocycles. The van der Waals surface area contributed by atoms with Crippen molar-refractivity contribution in [3.63, 3.8) is 0 Å². The van der Waals surface area contributed by atoms with Gasteiger partial charge < -0.3 is 33.8 Å². The van der Waals surface area contributed by atoms with Gasteiger partial charge in [0, 0.05) is 25.7 Å². The van der Waals surface area contributed by atoms with Crippen molar-refractivity contribution in [3.05, 3.63) is 0 Å². The summed E-state index contributed by atoms with van der Waals surface area (Å²) in [6, 6.07) is 0. The maximum absolute atomic E-state index is 13.1. The lowest BCUT2D eigenvalue weighted by atomic mass is 9.99. The van der Waals surface area contributed by atoms with Crippen LogP contribution in [0.25, 0.3) is 0 Å². The summed E-state index contributed by atoms with van der Waals surface area (Å²) in [5.74, 6) is 0.254. The predicted octanol–water partition coefficient (Wildman–Crippen LogP) is 21.8. The Morgan fingerprint density at radius 1 is 0.309 bits per heavy atom. The minimum atomic E-state index is -4.96. The maximum atomic E-state index is 13.1. The molecule has 0 radical (unpaired) electrons. The summed E-state index contributed by atoms with van der Waals surface area (Å²) in [5, 5.41) is 10.6. The number of esters is 4. The van der Waals surface area contributed by atoms with E-state index in [0.717, 1.165) is 114 Å². The third-order valence-electron chi connectivity index (χ3n) is 17.7. The third kappa shape index (κ3) is 67.3. The highest BCUT2D eigenvalue weighted by atomic mass is 31.2. The van der Waals surface area contributed by atoms with Crippen molar-refractivity contribution in [1.29, 1.82) is 0 Å².